The Morgan fingerprint density at radius 3 is 2.59 bits per heavy atom. The summed E-state index contributed by atoms with van der Waals surface area (Å²) in [6, 6.07) is 4.49. The predicted molar refractivity (Wildman–Crippen MR) is 95.2 cm³/mol. The number of halogens is 3. The first-order valence-electron chi connectivity index (χ1n) is 8.30. The van der Waals surface area contributed by atoms with Gasteiger partial charge < -0.3 is 10.6 Å². The zero-order chi connectivity index (χ0) is 19.3. The molecule has 2 aromatic heterocycles. The molecule has 142 valence electrons. The van der Waals surface area contributed by atoms with Gasteiger partial charge in [0.2, 0.25) is 0 Å². The van der Waals surface area contributed by atoms with Gasteiger partial charge >= 0.3 is 6.18 Å². The fourth-order valence-corrected chi connectivity index (χ4v) is 4.08. The highest BCUT2D eigenvalue weighted by Crippen LogP contribution is 2.43. The quantitative estimate of drug-likeness (QED) is 0.859. The van der Waals surface area contributed by atoms with Gasteiger partial charge in [-0.1, -0.05) is 11.8 Å². The first kappa shape index (κ1) is 17.9. The summed E-state index contributed by atoms with van der Waals surface area (Å²) < 4.78 is 40.4. The van der Waals surface area contributed by atoms with E-state index < -0.39 is 17.8 Å². The minimum atomic E-state index is -4.49. The molecule has 10 heteroatoms. The number of hydrogen-bond donors (Lipinski definition) is 1. The monoisotopic (exact) mass is 395 g/mol. The van der Waals surface area contributed by atoms with Crippen molar-refractivity contribution < 1.29 is 18.0 Å². The number of pyridine rings is 1. The van der Waals surface area contributed by atoms with Gasteiger partial charge in [-0.05, 0) is 38.0 Å². The predicted octanol–water partition coefficient (Wildman–Crippen LogP) is 3.39. The lowest BCUT2D eigenvalue weighted by Crippen LogP contribution is -2.18. The van der Waals surface area contributed by atoms with Crippen LogP contribution in [0.2, 0.25) is 0 Å². The Kier molecular flexibility index (Phi) is 4.17. The number of carbonyl (C=O) groups excluding carboxylic acids is 1. The van der Waals surface area contributed by atoms with Crippen LogP contribution in [0, 0.1) is 0 Å². The van der Waals surface area contributed by atoms with Gasteiger partial charge in [-0.2, -0.15) is 18.3 Å². The van der Waals surface area contributed by atoms with Gasteiger partial charge in [-0.15, -0.1) is 0 Å². The number of aromatic nitrogens is 3. The van der Waals surface area contributed by atoms with E-state index in [4.69, 9.17) is 5.73 Å². The lowest BCUT2D eigenvalue weighted by atomic mass is 10.2. The largest absolute Gasteiger partial charge is 0.435 e. The Bertz CT molecular complexity index is 931. The molecule has 2 aromatic rings. The number of carbonyl (C=O) groups is 1. The Hall–Kier alpha value is -2.49. The molecule has 4 rings (SSSR count). The number of primary amides is 1. The van der Waals surface area contributed by atoms with E-state index >= 15 is 0 Å². The van der Waals surface area contributed by atoms with Gasteiger partial charge in [0, 0.05) is 17.3 Å². The lowest BCUT2D eigenvalue weighted by molar-refractivity contribution is -0.141. The number of hydrogen-bond acceptors (Lipinski definition) is 5. The number of amides is 1. The summed E-state index contributed by atoms with van der Waals surface area (Å²) in [6.45, 7) is 1.79. The van der Waals surface area contributed by atoms with Crippen molar-refractivity contribution in [2.75, 3.05) is 10.8 Å². The van der Waals surface area contributed by atoms with E-state index in [9.17, 15) is 18.0 Å². The molecule has 0 unspecified atom stereocenters. The van der Waals surface area contributed by atoms with Gasteiger partial charge in [0.25, 0.3) is 5.91 Å². The van der Waals surface area contributed by atoms with Crippen molar-refractivity contribution in [2.45, 2.75) is 31.9 Å². The molecule has 0 radical (unpaired) electrons. The van der Waals surface area contributed by atoms with E-state index in [0.29, 0.717) is 22.3 Å². The van der Waals surface area contributed by atoms with E-state index in [-0.39, 0.29) is 5.92 Å². The summed E-state index contributed by atoms with van der Waals surface area (Å²) in [6.07, 6.45) is -1.22. The molecule has 0 spiro atoms. The Morgan fingerprint density at radius 2 is 2.07 bits per heavy atom. The molecule has 6 nitrogen and oxygen atoms in total. The number of nitrogens with zero attached hydrogens (tertiary/aromatic N) is 4. The Labute approximate surface area is 157 Å². The van der Waals surface area contributed by atoms with Crippen molar-refractivity contribution in [1.82, 2.24) is 14.8 Å². The van der Waals surface area contributed by atoms with Crippen LogP contribution in [-0.4, -0.2) is 26.5 Å². The van der Waals surface area contributed by atoms with Gasteiger partial charge in [-0.25, -0.2) is 9.67 Å². The maximum atomic E-state index is 13.0. The summed E-state index contributed by atoms with van der Waals surface area (Å²) in [5, 5.41) is 3.73. The molecule has 3 heterocycles. The Morgan fingerprint density at radius 1 is 1.33 bits per heavy atom. The molecular formula is C17H16F3N5OS. The molecule has 1 amide bonds. The normalized spacial score (nSPS) is 17.7. The molecule has 1 saturated carbocycles. The van der Waals surface area contributed by atoms with Crippen molar-refractivity contribution >= 4 is 23.4 Å². The second kappa shape index (κ2) is 6.29. The highest BCUT2D eigenvalue weighted by Gasteiger charge is 2.38. The standard InChI is InChI=1S/C17H16F3N5OS/c1-9-15(16(21)26)27-8-24(9)11-4-5-14(22-7-11)25-12(10-2-3-10)6-13(23-25)17(18,19)20/h4-7,10H,2-3,8H2,1H3,(H2,21,26). The molecule has 1 aliphatic heterocycles. The maximum Gasteiger partial charge on any atom is 0.435 e. The summed E-state index contributed by atoms with van der Waals surface area (Å²) in [4.78, 5) is 18.1. The zero-order valence-corrected chi connectivity index (χ0v) is 15.1. The van der Waals surface area contributed by atoms with Crippen molar-refractivity contribution in [3.8, 4) is 5.82 Å². The number of allylic oxidation sites excluding steroid dienone is 1. The fourth-order valence-electron chi connectivity index (χ4n) is 3.02. The lowest BCUT2D eigenvalue weighted by Gasteiger charge is -2.19. The van der Waals surface area contributed by atoms with Crippen molar-refractivity contribution in [3.63, 3.8) is 0 Å². The smallest absolute Gasteiger partial charge is 0.365 e. The zero-order valence-electron chi connectivity index (χ0n) is 14.3. The van der Waals surface area contributed by atoms with Crippen molar-refractivity contribution in [2.24, 2.45) is 5.73 Å². The number of thioether (sulfide) groups is 1. The third-order valence-corrected chi connectivity index (χ3v) is 5.75. The third-order valence-electron chi connectivity index (χ3n) is 4.58. The van der Waals surface area contributed by atoms with E-state index in [1.54, 1.807) is 25.3 Å². The highest BCUT2D eigenvalue weighted by molar-refractivity contribution is 8.04. The minimum absolute atomic E-state index is 0.0911. The highest BCUT2D eigenvalue weighted by atomic mass is 32.2. The van der Waals surface area contributed by atoms with Crippen LogP contribution in [0.25, 0.3) is 5.82 Å². The van der Waals surface area contributed by atoms with Crippen LogP contribution in [0.3, 0.4) is 0 Å². The van der Waals surface area contributed by atoms with Gasteiger partial charge in [-0.3, -0.25) is 4.79 Å². The fraction of sp³-hybridized carbons (Fsp3) is 0.353. The summed E-state index contributed by atoms with van der Waals surface area (Å²) in [5.41, 5.74) is 6.45. The van der Waals surface area contributed by atoms with Gasteiger partial charge in [0.15, 0.2) is 11.5 Å². The summed E-state index contributed by atoms with van der Waals surface area (Å²) in [5.74, 6) is 0.473. The molecule has 1 aliphatic carbocycles. The number of nitrogens with two attached hydrogens (primary N) is 1. The minimum Gasteiger partial charge on any atom is -0.365 e. The molecule has 0 saturated heterocycles. The molecular weight excluding hydrogens is 379 g/mol. The van der Waals surface area contributed by atoms with Crippen LogP contribution in [0.1, 0.15) is 37.1 Å². The van der Waals surface area contributed by atoms with Gasteiger partial charge in [0.05, 0.1) is 22.7 Å². The number of alkyl halides is 3. The van der Waals surface area contributed by atoms with Gasteiger partial charge in [0.1, 0.15) is 0 Å². The molecule has 2 aliphatic rings. The maximum absolute atomic E-state index is 13.0. The SMILES string of the molecule is CC1=C(C(N)=O)SCN1c1ccc(-n2nc(C(F)(F)F)cc2C2CC2)nc1. The molecule has 0 aromatic carbocycles. The average molecular weight is 395 g/mol. The molecule has 1 fully saturated rings. The van der Waals surface area contributed by atoms with Crippen LogP contribution >= 0.6 is 11.8 Å². The van der Waals surface area contributed by atoms with E-state index in [1.807, 2.05) is 4.90 Å². The number of anilines is 1. The summed E-state index contributed by atoms with van der Waals surface area (Å²) >= 11 is 1.34. The van der Waals surface area contributed by atoms with Crippen LogP contribution < -0.4 is 10.6 Å². The van der Waals surface area contributed by atoms with Crippen LogP contribution in [0.5, 0.6) is 0 Å². The first-order chi connectivity index (χ1) is 12.8. The molecule has 0 atom stereocenters. The average Bonchev–Trinajstić information content (AvgIpc) is 3.22. The third kappa shape index (κ3) is 3.29. The van der Waals surface area contributed by atoms with Crippen LogP contribution in [0.4, 0.5) is 18.9 Å². The Balaban J connectivity index is 1.66. The van der Waals surface area contributed by atoms with Crippen molar-refractivity contribution in [1.29, 1.82) is 0 Å². The number of rotatable bonds is 4. The van der Waals surface area contributed by atoms with Crippen LogP contribution in [-0.2, 0) is 11.0 Å². The van der Waals surface area contributed by atoms with E-state index in [2.05, 4.69) is 10.1 Å². The molecule has 0 bridgehead atoms. The second-order valence-electron chi connectivity index (χ2n) is 6.49. The molecule has 27 heavy (non-hydrogen) atoms. The van der Waals surface area contributed by atoms with E-state index in [0.717, 1.165) is 30.3 Å². The summed E-state index contributed by atoms with van der Waals surface area (Å²) in [7, 11) is 0. The first-order valence-corrected chi connectivity index (χ1v) is 9.29. The van der Waals surface area contributed by atoms with Crippen molar-refractivity contribution in [3.05, 3.63) is 46.4 Å². The topological polar surface area (TPSA) is 77.0 Å². The second-order valence-corrected chi connectivity index (χ2v) is 7.45. The van der Waals surface area contributed by atoms with E-state index in [1.165, 1.54) is 16.4 Å². The van der Waals surface area contributed by atoms with Crippen LogP contribution in [0.15, 0.2) is 35.0 Å². The molecule has 2 N–H and O–H groups in total.